The number of carbonyl (C=O) groups is 3. The van der Waals surface area contributed by atoms with E-state index < -0.39 is 6.10 Å². The highest BCUT2D eigenvalue weighted by Crippen LogP contribution is 2.16. The Morgan fingerprint density at radius 2 is 0.470 bits per heavy atom. The van der Waals surface area contributed by atoms with E-state index in [1.165, 1.54) is 186 Å². The smallest absolute Gasteiger partial charge is 0.306 e. The van der Waals surface area contributed by atoms with E-state index in [-0.39, 0.29) is 31.1 Å². The highest BCUT2D eigenvalue weighted by Gasteiger charge is 2.19. The van der Waals surface area contributed by atoms with Crippen LogP contribution in [0.3, 0.4) is 0 Å². The van der Waals surface area contributed by atoms with E-state index >= 15 is 0 Å². The molecule has 0 rings (SSSR count). The van der Waals surface area contributed by atoms with Crippen LogP contribution < -0.4 is 0 Å². The van der Waals surface area contributed by atoms with Crippen LogP contribution in [0.5, 0.6) is 0 Å². The van der Waals surface area contributed by atoms with Crippen molar-refractivity contribution >= 4 is 17.9 Å². The van der Waals surface area contributed by atoms with Crippen molar-refractivity contribution in [1.82, 2.24) is 0 Å². The summed E-state index contributed by atoms with van der Waals surface area (Å²) in [7, 11) is 0. The first-order valence-corrected chi connectivity index (χ1v) is 35.4. The van der Waals surface area contributed by atoms with Gasteiger partial charge in [-0.3, -0.25) is 14.4 Å². The number of ether oxygens (including phenoxy) is 3. The van der Waals surface area contributed by atoms with Crippen molar-refractivity contribution in [2.45, 2.75) is 348 Å². The van der Waals surface area contributed by atoms with Crippen LogP contribution in [-0.2, 0) is 28.6 Å². The van der Waals surface area contributed by atoms with Gasteiger partial charge < -0.3 is 14.2 Å². The molecule has 0 saturated carbocycles. The molecule has 0 aromatic rings. The monoisotopic (exact) mass is 1150 g/mol. The van der Waals surface area contributed by atoms with Crippen molar-refractivity contribution in [3.05, 3.63) is 109 Å². The first kappa shape index (κ1) is 79.1. The fourth-order valence-corrected chi connectivity index (χ4v) is 9.94. The van der Waals surface area contributed by atoms with Gasteiger partial charge in [0.25, 0.3) is 0 Å². The van der Waals surface area contributed by atoms with Crippen LogP contribution in [0.15, 0.2) is 109 Å². The van der Waals surface area contributed by atoms with Crippen molar-refractivity contribution < 1.29 is 28.6 Å². The molecule has 1 atom stereocenters. The van der Waals surface area contributed by atoms with E-state index in [1.807, 2.05) is 0 Å². The molecule has 0 aliphatic heterocycles. The van der Waals surface area contributed by atoms with Crippen molar-refractivity contribution in [2.75, 3.05) is 13.2 Å². The first-order chi connectivity index (χ1) is 41.0. The van der Waals surface area contributed by atoms with E-state index in [1.54, 1.807) is 0 Å². The number of carbonyl (C=O) groups excluding carboxylic acids is 3. The molecule has 0 aromatic heterocycles. The summed E-state index contributed by atoms with van der Waals surface area (Å²) >= 11 is 0. The maximum Gasteiger partial charge on any atom is 0.306 e. The molecule has 6 nitrogen and oxygen atoms in total. The van der Waals surface area contributed by atoms with Gasteiger partial charge in [0, 0.05) is 19.3 Å². The van der Waals surface area contributed by atoms with E-state index in [4.69, 9.17) is 14.2 Å². The van der Waals surface area contributed by atoms with Gasteiger partial charge in [0.2, 0.25) is 0 Å². The van der Waals surface area contributed by atoms with Crippen LogP contribution in [0.4, 0.5) is 0 Å². The van der Waals surface area contributed by atoms with Gasteiger partial charge in [-0.05, 0) is 128 Å². The lowest BCUT2D eigenvalue weighted by Gasteiger charge is -2.18. The van der Waals surface area contributed by atoms with Gasteiger partial charge in [0.15, 0.2) is 6.10 Å². The second kappa shape index (κ2) is 70.6. The fraction of sp³-hybridized carbons (Fsp3) is 0.727. The van der Waals surface area contributed by atoms with E-state index in [2.05, 4.69) is 130 Å². The molecular weight excluding hydrogens is 1020 g/mol. The van der Waals surface area contributed by atoms with Gasteiger partial charge in [0.05, 0.1) is 0 Å². The Hall–Kier alpha value is -3.93. The molecule has 0 spiro atoms. The molecule has 6 heteroatoms. The SMILES string of the molecule is CC/C=C\C/C=C\C/C=C\C/C=C\C/C=C\C/C=C\CCCCCCCCCCC(=O)OCC(COC(=O)CCCCCCC/C=C\CCCCCCCC)OC(=O)CCCCCCCCCCCCC/C=C\C/C=C\CCCCCCC. The predicted molar refractivity (Wildman–Crippen MR) is 362 cm³/mol. The summed E-state index contributed by atoms with van der Waals surface area (Å²) in [6.45, 7) is 6.53. The second-order valence-electron chi connectivity index (χ2n) is 23.4. The van der Waals surface area contributed by atoms with Crippen molar-refractivity contribution in [3.8, 4) is 0 Å². The second-order valence-corrected chi connectivity index (χ2v) is 23.4. The molecule has 83 heavy (non-hydrogen) atoms. The average molecular weight is 1150 g/mol. The minimum atomic E-state index is -0.790. The third-order valence-corrected chi connectivity index (χ3v) is 15.2. The minimum absolute atomic E-state index is 0.0847. The normalized spacial score (nSPS) is 12.8. The van der Waals surface area contributed by atoms with Gasteiger partial charge in [0.1, 0.15) is 13.2 Å². The minimum Gasteiger partial charge on any atom is -0.462 e. The van der Waals surface area contributed by atoms with Gasteiger partial charge in [-0.2, -0.15) is 0 Å². The highest BCUT2D eigenvalue weighted by atomic mass is 16.6. The fourth-order valence-electron chi connectivity index (χ4n) is 9.94. The predicted octanol–water partition coefficient (Wildman–Crippen LogP) is 24.6. The molecule has 0 bridgehead atoms. The van der Waals surface area contributed by atoms with Gasteiger partial charge >= 0.3 is 17.9 Å². The summed E-state index contributed by atoms with van der Waals surface area (Å²) in [5.74, 6) is -0.889. The lowest BCUT2D eigenvalue weighted by Crippen LogP contribution is -2.30. The Morgan fingerprint density at radius 3 is 0.747 bits per heavy atom. The van der Waals surface area contributed by atoms with Crippen LogP contribution in [0, 0.1) is 0 Å². The molecule has 0 aliphatic rings. The molecule has 0 radical (unpaired) electrons. The summed E-state index contributed by atoms with van der Waals surface area (Å²) in [5, 5.41) is 0. The molecule has 0 saturated heterocycles. The summed E-state index contributed by atoms with van der Waals surface area (Å²) in [5.41, 5.74) is 0. The summed E-state index contributed by atoms with van der Waals surface area (Å²) in [4.78, 5) is 38.5. The lowest BCUT2D eigenvalue weighted by molar-refractivity contribution is -0.167. The zero-order valence-electron chi connectivity index (χ0n) is 54.7. The van der Waals surface area contributed by atoms with Crippen LogP contribution in [0.1, 0.15) is 342 Å². The largest absolute Gasteiger partial charge is 0.462 e. The molecule has 0 amide bonds. The third kappa shape index (κ3) is 68.7. The Balaban J connectivity index is 4.36. The molecule has 0 heterocycles. The van der Waals surface area contributed by atoms with Crippen molar-refractivity contribution in [3.63, 3.8) is 0 Å². The Kier molecular flexibility index (Phi) is 67.2. The Labute approximate surface area is 514 Å². The zero-order valence-corrected chi connectivity index (χ0v) is 54.7. The summed E-state index contributed by atoms with van der Waals surface area (Å²) in [6, 6.07) is 0. The number of unbranched alkanes of at least 4 members (excludes halogenated alkanes) is 35. The Morgan fingerprint density at radius 1 is 0.253 bits per heavy atom. The number of hydrogen-bond donors (Lipinski definition) is 0. The molecule has 0 N–H and O–H groups in total. The lowest BCUT2D eigenvalue weighted by atomic mass is 10.0. The summed E-state index contributed by atoms with van der Waals surface area (Å²) in [6.07, 6.45) is 96.7. The van der Waals surface area contributed by atoms with Crippen LogP contribution >= 0.6 is 0 Å². The molecular formula is C77H132O6. The number of esters is 3. The number of hydrogen-bond acceptors (Lipinski definition) is 6. The maximum atomic E-state index is 13.0. The van der Waals surface area contributed by atoms with Gasteiger partial charge in [-0.25, -0.2) is 0 Å². The van der Waals surface area contributed by atoms with E-state index in [0.29, 0.717) is 19.3 Å². The molecule has 1 unspecified atom stereocenters. The first-order valence-electron chi connectivity index (χ1n) is 35.4. The van der Waals surface area contributed by atoms with Crippen LogP contribution in [-0.4, -0.2) is 37.2 Å². The molecule has 0 aromatic carbocycles. The number of allylic oxidation sites excluding steroid dienone is 18. The quantitative estimate of drug-likeness (QED) is 0.0261. The number of rotatable bonds is 64. The average Bonchev–Trinajstić information content (AvgIpc) is 3.49. The van der Waals surface area contributed by atoms with Gasteiger partial charge in [-0.1, -0.05) is 304 Å². The van der Waals surface area contributed by atoms with E-state index in [0.717, 1.165) is 116 Å². The molecule has 0 aliphatic carbocycles. The van der Waals surface area contributed by atoms with E-state index in [9.17, 15) is 14.4 Å². The van der Waals surface area contributed by atoms with Gasteiger partial charge in [-0.15, -0.1) is 0 Å². The highest BCUT2D eigenvalue weighted by molar-refractivity contribution is 5.71. The molecule has 476 valence electrons. The van der Waals surface area contributed by atoms with Crippen molar-refractivity contribution in [1.29, 1.82) is 0 Å². The van der Waals surface area contributed by atoms with Crippen molar-refractivity contribution in [2.24, 2.45) is 0 Å². The summed E-state index contributed by atoms with van der Waals surface area (Å²) < 4.78 is 17.0. The van der Waals surface area contributed by atoms with Crippen LogP contribution in [0.2, 0.25) is 0 Å². The Bertz CT molecular complexity index is 1660. The van der Waals surface area contributed by atoms with Crippen LogP contribution in [0.25, 0.3) is 0 Å². The zero-order chi connectivity index (χ0) is 59.9. The third-order valence-electron chi connectivity index (χ3n) is 15.2. The molecule has 0 fully saturated rings. The standard InChI is InChI=1S/C77H132O6/c1-4-7-10-13-16-19-22-25-28-30-32-34-36-37-38-39-41-42-44-46-49-52-55-58-61-64-67-70-76(79)82-73-74(72-81-75(78)69-66-63-60-57-54-51-48-27-24-21-18-15-12-9-6-3)83-77(80)71-68-65-62-59-56-53-50-47-45-43-40-35-33-31-29-26-23-20-17-14-11-8-5-2/h7,10,16,19,23,25-28,31-34,37-38,41-42,48,74H,4-6,8-9,11-15,17-18,20-22,24,29-30,35-36,39-40,43-47,49-73H2,1-3H3/b10-7-,19-16-,26-23-,28-25-,33-31-,34-32-,38-37-,42-41-,48-27-. The topological polar surface area (TPSA) is 78.9 Å². The maximum absolute atomic E-state index is 13.0.